The zero-order valence-electron chi connectivity index (χ0n) is 11.2. The second-order valence-electron chi connectivity index (χ2n) is 5.13. The number of rotatable bonds is 6. The first-order valence-corrected chi connectivity index (χ1v) is 6.68. The highest BCUT2D eigenvalue weighted by molar-refractivity contribution is 6.01. The van der Waals surface area contributed by atoms with Crippen molar-refractivity contribution in [3.05, 3.63) is 23.4 Å². The van der Waals surface area contributed by atoms with E-state index in [1.165, 1.54) is 12.8 Å². The Hall–Kier alpha value is -1.58. The van der Waals surface area contributed by atoms with E-state index in [1.807, 2.05) is 19.2 Å². The Kier molecular flexibility index (Phi) is 3.84. The molecule has 0 bridgehead atoms. The molecule has 1 saturated carbocycles. The number of aromatic nitrogens is 1. The van der Waals surface area contributed by atoms with Gasteiger partial charge in [0.2, 0.25) is 0 Å². The summed E-state index contributed by atoms with van der Waals surface area (Å²) in [5, 5.41) is 7.75. The van der Waals surface area contributed by atoms with E-state index in [-0.39, 0.29) is 5.84 Å². The van der Waals surface area contributed by atoms with Gasteiger partial charge in [0.25, 0.3) is 0 Å². The molecule has 0 spiro atoms. The average molecular weight is 246 g/mol. The summed E-state index contributed by atoms with van der Waals surface area (Å²) < 4.78 is 0. The molecule has 0 atom stereocenters. The molecule has 0 unspecified atom stereocenters. The number of anilines is 1. The van der Waals surface area contributed by atoms with Gasteiger partial charge >= 0.3 is 0 Å². The quantitative estimate of drug-likeness (QED) is 0.598. The number of hydrogen-bond donors (Lipinski definition) is 2. The molecular weight excluding hydrogens is 224 g/mol. The maximum absolute atomic E-state index is 7.75. The van der Waals surface area contributed by atoms with Crippen molar-refractivity contribution < 1.29 is 0 Å². The minimum Gasteiger partial charge on any atom is -0.384 e. The average Bonchev–Trinajstić information content (AvgIpc) is 3.11. The second-order valence-corrected chi connectivity index (χ2v) is 5.13. The van der Waals surface area contributed by atoms with E-state index in [0.29, 0.717) is 0 Å². The van der Waals surface area contributed by atoms with Gasteiger partial charge in [-0.15, -0.1) is 0 Å². The largest absolute Gasteiger partial charge is 0.384 e. The number of nitrogens with one attached hydrogen (secondary N) is 1. The highest BCUT2D eigenvalue weighted by atomic mass is 15.2. The molecule has 0 amide bonds. The fourth-order valence-corrected chi connectivity index (χ4v) is 2.28. The van der Waals surface area contributed by atoms with Gasteiger partial charge in [0.05, 0.1) is 5.56 Å². The van der Waals surface area contributed by atoms with E-state index < -0.39 is 0 Å². The van der Waals surface area contributed by atoms with Crippen LogP contribution in [0.3, 0.4) is 0 Å². The first-order valence-electron chi connectivity index (χ1n) is 6.68. The van der Waals surface area contributed by atoms with Gasteiger partial charge in [-0.25, -0.2) is 4.98 Å². The summed E-state index contributed by atoms with van der Waals surface area (Å²) in [6, 6.07) is 1.92. The molecule has 1 aromatic heterocycles. The smallest absolute Gasteiger partial charge is 0.139 e. The van der Waals surface area contributed by atoms with E-state index >= 15 is 0 Å². The van der Waals surface area contributed by atoms with Crippen LogP contribution in [0.4, 0.5) is 5.82 Å². The number of aryl methyl sites for hydroxylation is 1. The van der Waals surface area contributed by atoms with Gasteiger partial charge in [0.15, 0.2) is 0 Å². The monoisotopic (exact) mass is 246 g/mol. The Morgan fingerprint density at radius 3 is 2.83 bits per heavy atom. The molecule has 4 nitrogen and oxygen atoms in total. The highest BCUT2D eigenvalue weighted by Gasteiger charge is 2.26. The van der Waals surface area contributed by atoms with Gasteiger partial charge in [-0.1, -0.05) is 6.92 Å². The number of amidine groups is 1. The van der Waals surface area contributed by atoms with Crippen molar-refractivity contribution in [2.45, 2.75) is 33.1 Å². The van der Waals surface area contributed by atoms with Crippen LogP contribution in [-0.2, 0) is 0 Å². The Balaban J connectivity index is 2.32. The number of hydrogen-bond acceptors (Lipinski definition) is 3. The predicted molar refractivity (Wildman–Crippen MR) is 75.2 cm³/mol. The molecule has 1 aromatic rings. The normalized spacial score (nSPS) is 14.6. The molecule has 2 rings (SSSR count). The van der Waals surface area contributed by atoms with Gasteiger partial charge in [-0.2, -0.15) is 0 Å². The van der Waals surface area contributed by atoms with Gasteiger partial charge in [0, 0.05) is 19.3 Å². The molecule has 1 aliphatic rings. The fourth-order valence-electron chi connectivity index (χ4n) is 2.28. The lowest BCUT2D eigenvalue weighted by Gasteiger charge is -2.26. The minimum absolute atomic E-state index is 0.118. The van der Waals surface area contributed by atoms with Crippen LogP contribution in [0.2, 0.25) is 0 Å². The summed E-state index contributed by atoms with van der Waals surface area (Å²) in [6.07, 6.45) is 5.54. The van der Waals surface area contributed by atoms with Crippen LogP contribution >= 0.6 is 0 Å². The van der Waals surface area contributed by atoms with Crippen molar-refractivity contribution in [2.24, 2.45) is 11.7 Å². The maximum Gasteiger partial charge on any atom is 0.139 e. The second kappa shape index (κ2) is 5.38. The van der Waals surface area contributed by atoms with Gasteiger partial charge < -0.3 is 10.6 Å². The molecule has 4 heteroatoms. The summed E-state index contributed by atoms with van der Waals surface area (Å²) >= 11 is 0. The third-order valence-corrected chi connectivity index (χ3v) is 3.38. The van der Waals surface area contributed by atoms with Gasteiger partial charge in [0.1, 0.15) is 11.7 Å². The number of nitrogens with two attached hydrogens (primary N) is 1. The van der Waals surface area contributed by atoms with Crippen molar-refractivity contribution in [3.63, 3.8) is 0 Å². The van der Waals surface area contributed by atoms with E-state index in [4.69, 9.17) is 11.1 Å². The van der Waals surface area contributed by atoms with Crippen molar-refractivity contribution in [2.75, 3.05) is 18.0 Å². The standard InChI is InChI=1S/C14H22N4/c1-3-8-18(9-11-4-5-11)14-12(13(15)16)10(2)6-7-17-14/h6-7,11H,3-5,8-9H2,1-2H3,(H3,15,16). The number of nitrogens with zero attached hydrogens (tertiary/aromatic N) is 2. The van der Waals surface area contributed by atoms with Crippen LogP contribution < -0.4 is 10.6 Å². The Bertz CT molecular complexity index is 437. The summed E-state index contributed by atoms with van der Waals surface area (Å²) in [4.78, 5) is 6.76. The zero-order valence-corrected chi connectivity index (χ0v) is 11.2. The molecule has 98 valence electrons. The van der Waals surface area contributed by atoms with Crippen molar-refractivity contribution in [3.8, 4) is 0 Å². The van der Waals surface area contributed by atoms with E-state index in [0.717, 1.165) is 42.4 Å². The van der Waals surface area contributed by atoms with E-state index in [9.17, 15) is 0 Å². The van der Waals surface area contributed by atoms with Crippen LogP contribution in [-0.4, -0.2) is 23.9 Å². The van der Waals surface area contributed by atoms with Crippen LogP contribution in [0.25, 0.3) is 0 Å². The van der Waals surface area contributed by atoms with Crippen molar-refractivity contribution >= 4 is 11.7 Å². The summed E-state index contributed by atoms with van der Waals surface area (Å²) in [7, 11) is 0. The first kappa shape index (κ1) is 12.9. The summed E-state index contributed by atoms with van der Waals surface area (Å²) in [5.41, 5.74) is 7.54. The van der Waals surface area contributed by atoms with Crippen molar-refractivity contribution in [1.82, 2.24) is 4.98 Å². The molecule has 3 N–H and O–H groups in total. The lowest BCUT2D eigenvalue weighted by atomic mass is 10.1. The third kappa shape index (κ3) is 2.81. The van der Waals surface area contributed by atoms with E-state index in [2.05, 4.69) is 16.8 Å². The summed E-state index contributed by atoms with van der Waals surface area (Å²) in [5.74, 6) is 1.81. The molecule has 18 heavy (non-hydrogen) atoms. The van der Waals surface area contributed by atoms with Crippen molar-refractivity contribution in [1.29, 1.82) is 5.41 Å². The summed E-state index contributed by atoms with van der Waals surface area (Å²) in [6.45, 7) is 6.18. The molecule has 1 aliphatic carbocycles. The molecule has 1 fully saturated rings. The number of pyridine rings is 1. The predicted octanol–water partition coefficient (Wildman–Crippen LogP) is 2.30. The zero-order chi connectivity index (χ0) is 13.1. The van der Waals surface area contributed by atoms with Gasteiger partial charge in [-0.05, 0) is 43.7 Å². The molecule has 0 aliphatic heterocycles. The fraction of sp³-hybridized carbons (Fsp3) is 0.571. The van der Waals surface area contributed by atoms with Crippen LogP contribution in [0.1, 0.15) is 37.3 Å². The minimum atomic E-state index is 0.118. The van der Waals surface area contributed by atoms with Crippen LogP contribution in [0, 0.1) is 18.3 Å². The Labute approximate surface area is 109 Å². The number of nitrogen functional groups attached to an aromatic ring is 1. The Morgan fingerprint density at radius 2 is 2.28 bits per heavy atom. The van der Waals surface area contributed by atoms with Crippen LogP contribution in [0.5, 0.6) is 0 Å². The lowest BCUT2D eigenvalue weighted by molar-refractivity contribution is 0.698. The van der Waals surface area contributed by atoms with Gasteiger partial charge in [-0.3, -0.25) is 5.41 Å². The Morgan fingerprint density at radius 1 is 1.56 bits per heavy atom. The third-order valence-electron chi connectivity index (χ3n) is 3.38. The lowest BCUT2D eigenvalue weighted by Crippen LogP contribution is -2.30. The molecule has 0 saturated heterocycles. The highest BCUT2D eigenvalue weighted by Crippen LogP contribution is 2.32. The SMILES string of the molecule is CCCN(CC1CC1)c1nccc(C)c1C(=N)N. The molecular formula is C14H22N4. The van der Waals surface area contributed by atoms with E-state index in [1.54, 1.807) is 0 Å². The maximum atomic E-state index is 7.75. The molecule has 0 radical (unpaired) electrons. The first-order chi connectivity index (χ1) is 8.63. The molecule has 0 aromatic carbocycles. The van der Waals surface area contributed by atoms with Crippen LogP contribution in [0.15, 0.2) is 12.3 Å². The molecule has 1 heterocycles. The topological polar surface area (TPSA) is 66.0 Å².